The molecule has 2 atom stereocenters. The molecular weight excluding hydrogens is 192 g/mol. The molecule has 2 N–H and O–H groups in total. The molecule has 15 heavy (non-hydrogen) atoms. The minimum atomic E-state index is 0.125. The maximum absolute atomic E-state index is 11.8. The summed E-state index contributed by atoms with van der Waals surface area (Å²) < 4.78 is 5.17. The van der Waals surface area contributed by atoms with Crippen LogP contribution in [-0.4, -0.2) is 38.3 Å². The zero-order chi connectivity index (χ0) is 11.1. The Hall–Kier alpha value is -0.610. The van der Waals surface area contributed by atoms with Crippen molar-refractivity contribution in [2.45, 2.75) is 32.7 Å². The Kier molecular flexibility index (Phi) is 5.65. The average Bonchev–Trinajstić information content (AvgIpc) is 2.25. The number of hydrogen-bond donors (Lipinski definition) is 2. The van der Waals surface area contributed by atoms with Crippen LogP contribution in [0.2, 0.25) is 0 Å². The van der Waals surface area contributed by atoms with E-state index < -0.39 is 0 Å². The van der Waals surface area contributed by atoms with E-state index in [4.69, 9.17) is 4.74 Å². The van der Waals surface area contributed by atoms with Crippen LogP contribution in [0.15, 0.2) is 0 Å². The highest BCUT2D eigenvalue weighted by Gasteiger charge is 2.26. The smallest absolute Gasteiger partial charge is 0.224 e. The molecule has 88 valence electrons. The molecule has 1 aliphatic rings. The van der Waals surface area contributed by atoms with Crippen LogP contribution in [0, 0.1) is 5.92 Å². The van der Waals surface area contributed by atoms with Gasteiger partial charge in [0, 0.05) is 19.2 Å². The lowest BCUT2D eigenvalue weighted by atomic mass is 9.91. The first kappa shape index (κ1) is 12.5. The van der Waals surface area contributed by atoms with E-state index in [0.717, 1.165) is 19.4 Å². The van der Waals surface area contributed by atoms with E-state index in [1.807, 2.05) is 6.92 Å². The van der Waals surface area contributed by atoms with Crippen molar-refractivity contribution in [2.75, 3.05) is 26.3 Å². The normalized spacial score (nSPS) is 26.3. The summed E-state index contributed by atoms with van der Waals surface area (Å²) in [6, 6.07) is 0.297. The fourth-order valence-electron chi connectivity index (χ4n) is 1.92. The van der Waals surface area contributed by atoms with Gasteiger partial charge in [-0.25, -0.2) is 0 Å². The SMILES string of the molecule is CCOCCNC(=O)[C@@H]1CCCN[C@@H]1C. The number of amides is 1. The van der Waals surface area contributed by atoms with Gasteiger partial charge in [-0.05, 0) is 33.2 Å². The number of rotatable bonds is 5. The summed E-state index contributed by atoms with van der Waals surface area (Å²) in [4.78, 5) is 11.8. The van der Waals surface area contributed by atoms with Gasteiger partial charge >= 0.3 is 0 Å². The first-order chi connectivity index (χ1) is 7.25. The Morgan fingerprint density at radius 1 is 1.60 bits per heavy atom. The summed E-state index contributed by atoms with van der Waals surface area (Å²) in [7, 11) is 0. The molecule has 1 heterocycles. The lowest BCUT2D eigenvalue weighted by molar-refractivity contribution is -0.126. The van der Waals surface area contributed by atoms with Crippen molar-refractivity contribution in [1.82, 2.24) is 10.6 Å². The van der Waals surface area contributed by atoms with Crippen molar-refractivity contribution in [3.63, 3.8) is 0 Å². The lowest BCUT2D eigenvalue weighted by Gasteiger charge is -2.28. The van der Waals surface area contributed by atoms with Crippen LogP contribution in [0.3, 0.4) is 0 Å². The van der Waals surface area contributed by atoms with Crippen molar-refractivity contribution in [2.24, 2.45) is 5.92 Å². The van der Waals surface area contributed by atoms with E-state index >= 15 is 0 Å². The third kappa shape index (κ3) is 4.18. The highest BCUT2D eigenvalue weighted by Crippen LogP contribution is 2.15. The van der Waals surface area contributed by atoms with Crippen LogP contribution in [0.25, 0.3) is 0 Å². The van der Waals surface area contributed by atoms with Crippen LogP contribution in [0.5, 0.6) is 0 Å². The Morgan fingerprint density at radius 2 is 2.40 bits per heavy atom. The van der Waals surface area contributed by atoms with Crippen molar-refractivity contribution >= 4 is 5.91 Å². The van der Waals surface area contributed by atoms with Gasteiger partial charge in [0.15, 0.2) is 0 Å². The highest BCUT2D eigenvalue weighted by atomic mass is 16.5. The molecule has 0 aromatic rings. The van der Waals surface area contributed by atoms with Gasteiger partial charge in [-0.1, -0.05) is 0 Å². The van der Waals surface area contributed by atoms with E-state index in [0.29, 0.717) is 25.8 Å². The molecule has 0 aromatic heterocycles. The molecule has 1 amide bonds. The summed E-state index contributed by atoms with van der Waals surface area (Å²) in [5.41, 5.74) is 0. The number of hydrogen-bond acceptors (Lipinski definition) is 3. The number of ether oxygens (including phenoxy) is 1. The third-order valence-electron chi connectivity index (χ3n) is 2.85. The molecule has 0 radical (unpaired) electrons. The van der Waals surface area contributed by atoms with E-state index in [1.165, 1.54) is 0 Å². The van der Waals surface area contributed by atoms with Gasteiger partial charge in [-0.3, -0.25) is 4.79 Å². The fourth-order valence-corrected chi connectivity index (χ4v) is 1.92. The number of nitrogens with one attached hydrogen (secondary N) is 2. The Bertz CT molecular complexity index is 197. The highest BCUT2D eigenvalue weighted by molar-refractivity contribution is 5.79. The second kappa shape index (κ2) is 6.80. The van der Waals surface area contributed by atoms with Crippen LogP contribution in [0.1, 0.15) is 26.7 Å². The molecule has 0 unspecified atom stereocenters. The van der Waals surface area contributed by atoms with E-state index in [9.17, 15) is 4.79 Å². The van der Waals surface area contributed by atoms with E-state index in [1.54, 1.807) is 0 Å². The maximum Gasteiger partial charge on any atom is 0.224 e. The zero-order valence-corrected chi connectivity index (χ0v) is 9.71. The van der Waals surface area contributed by atoms with Gasteiger partial charge < -0.3 is 15.4 Å². The fraction of sp³-hybridized carbons (Fsp3) is 0.909. The Balaban J connectivity index is 2.20. The summed E-state index contributed by atoms with van der Waals surface area (Å²) in [5.74, 6) is 0.287. The Labute approximate surface area is 91.8 Å². The van der Waals surface area contributed by atoms with Gasteiger partial charge in [-0.15, -0.1) is 0 Å². The van der Waals surface area contributed by atoms with Crippen molar-refractivity contribution in [3.05, 3.63) is 0 Å². The summed E-state index contributed by atoms with van der Waals surface area (Å²) in [5, 5.41) is 6.24. The Morgan fingerprint density at radius 3 is 3.07 bits per heavy atom. The topological polar surface area (TPSA) is 50.4 Å². The van der Waals surface area contributed by atoms with E-state index in [-0.39, 0.29) is 11.8 Å². The predicted octanol–water partition coefficient (Wildman–Crippen LogP) is 0.527. The molecule has 1 rings (SSSR count). The lowest BCUT2D eigenvalue weighted by Crippen LogP contribution is -2.47. The second-order valence-electron chi connectivity index (χ2n) is 3.98. The molecule has 0 spiro atoms. The zero-order valence-electron chi connectivity index (χ0n) is 9.71. The first-order valence-electron chi connectivity index (χ1n) is 5.84. The minimum Gasteiger partial charge on any atom is -0.380 e. The predicted molar refractivity (Wildman–Crippen MR) is 59.7 cm³/mol. The number of carbonyl (C=O) groups excluding carboxylic acids is 1. The molecule has 1 fully saturated rings. The summed E-state index contributed by atoms with van der Waals surface area (Å²) in [6.45, 7) is 6.99. The van der Waals surface area contributed by atoms with Crippen LogP contribution in [-0.2, 0) is 9.53 Å². The number of carbonyl (C=O) groups is 1. The minimum absolute atomic E-state index is 0.125. The molecule has 1 aliphatic heterocycles. The molecule has 1 saturated heterocycles. The van der Waals surface area contributed by atoms with E-state index in [2.05, 4.69) is 17.6 Å². The van der Waals surface area contributed by atoms with Crippen LogP contribution in [0.4, 0.5) is 0 Å². The number of piperidine rings is 1. The monoisotopic (exact) mass is 214 g/mol. The molecule has 0 saturated carbocycles. The molecular formula is C11H22N2O2. The quantitative estimate of drug-likeness (QED) is 0.656. The van der Waals surface area contributed by atoms with Crippen LogP contribution < -0.4 is 10.6 Å². The molecule has 0 bridgehead atoms. The van der Waals surface area contributed by atoms with Gasteiger partial charge in [0.05, 0.1) is 12.5 Å². The first-order valence-corrected chi connectivity index (χ1v) is 5.84. The standard InChI is InChI=1S/C11H22N2O2/c1-3-15-8-7-13-11(14)10-5-4-6-12-9(10)2/h9-10,12H,3-8H2,1-2H3,(H,13,14)/t9-,10-/m1/s1. The summed E-state index contributed by atoms with van der Waals surface area (Å²) in [6.07, 6.45) is 2.09. The third-order valence-corrected chi connectivity index (χ3v) is 2.85. The molecule has 4 nitrogen and oxygen atoms in total. The van der Waals surface area contributed by atoms with Crippen molar-refractivity contribution in [1.29, 1.82) is 0 Å². The van der Waals surface area contributed by atoms with Gasteiger partial charge in [0.1, 0.15) is 0 Å². The van der Waals surface area contributed by atoms with Crippen molar-refractivity contribution in [3.8, 4) is 0 Å². The second-order valence-corrected chi connectivity index (χ2v) is 3.98. The van der Waals surface area contributed by atoms with Crippen molar-refractivity contribution < 1.29 is 9.53 Å². The van der Waals surface area contributed by atoms with Gasteiger partial charge in [0.2, 0.25) is 5.91 Å². The van der Waals surface area contributed by atoms with Gasteiger partial charge in [0.25, 0.3) is 0 Å². The summed E-state index contributed by atoms with van der Waals surface area (Å²) >= 11 is 0. The largest absolute Gasteiger partial charge is 0.380 e. The molecule has 0 aromatic carbocycles. The van der Waals surface area contributed by atoms with Gasteiger partial charge in [-0.2, -0.15) is 0 Å². The molecule has 4 heteroatoms. The molecule has 0 aliphatic carbocycles. The van der Waals surface area contributed by atoms with Crippen LogP contribution >= 0.6 is 0 Å². The maximum atomic E-state index is 11.8. The average molecular weight is 214 g/mol.